The topological polar surface area (TPSA) is 50.2 Å². The van der Waals surface area contributed by atoms with Gasteiger partial charge in [-0.3, -0.25) is 10.4 Å². The molecule has 0 saturated carbocycles. The van der Waals surface area contributed by atoms with Crippen LogP contribution in [0.5, 0.6) is 0 Å². The molecule has 0 radical (unpaired) electrons. The van der Waals surface area contributed by atoms with Crippen LogP contribution in [0.3, 0.4) is 0 Å². The summed E-state index contributed by atoms with van der Waals surface area (Å²) in [7, 11) is 0. The van der Waals surface area contributed by atoms with Gasteiger partial charge in [-0.05, 0) is 23.8 Å². The number of rotatable bonds is 3. The van der Waals surface area contributed by atoms with E-state index in [0.717, 1.165) is 5.56 Å². The van der Waals surface area contributed by atoms with Crippen LogP contribution >= 0.6 is 23.2 Å². The Labute approximate surface area is 108 Å². The van der Waals surface area contributed by atoms with E-state index < -0.39 is 0 Å². The number of hydrazone groups is 1. The van der Waals surface area contributed by atoms with Crippen LogP contribution in [-0.2, 0) is 0 Å². The van der Waals surface area contributed by atoms with Crippen LogP contribution in [-0.4, -0.2) is 16.2 Å². The van der Waals surface area contributed by atoms with Gasteiger partial charge in [-0.15, -0.1) is 0 Å². The Morgan fingerprint density at radius 3 is 2.71 bits per heavy atom. The van der Waals surface area contributed by atoms with Crippen molar-refractivity contribution in [2.45, 2.75) is 0 Å². The van der Waals surface area contributed by atoms with E-state index in [0.29, 0.717) is 15.9 Å². The number of hydrogen-bond donors (Lipinski definition) is 1. The van der Waals surface area contributed by atoms with Crippen molar-refractivity contribution < 1.29 is 0 Å². The first-order chi connectivity index (χ1) is 8.25. The SMILES string of the molecule is Clc1cnc(N/N=C\c2ccncc2)c(Cl)c1. The Morgan fingerprint density at radius 2 is 2.00 bits per heavy atom. The van der Waals surface area contributed by atoms with Crippen molar-refractivity contribution in [2.24, 2.45) is 5.10 Å². The molecule has 0 fully saturated rings. The summed E-state index contributed by atoms with van der Waals surface area (Å²) < 4.78 is 0. The minimum Gasteiger partial charge on any atom is -0.265 e. The smallest absolute Gasteiger partial charge is 0.165 e. The molecule has 2 aromatic rings. The van der Waals surface area contributed by atoms with Gasteiger partial charge in [0.1, 0.15) is 0 Å². The molecule has 6 heteroatoms. The van der Waals surface area contributed by atoms with Crippen LogP contribution in [0.15, 0.2) is 41.9 Å². The van der Waals surface area contributed by atoms with Crippen LogP contribution in [0, 0.1) is 0 Å². The fraction of sp³-hybridized carbons (Fsp3) is 0. The van der Waals surface area contributed by atoms with Crippen molar-refractivity contribution in [1.82, 2.24) is 9.97 Å². The normalized spacial score (nSPS) is 10.7. The zero-order chi connectivity index (χ0) is 12.1. The lowest BCUT2D eigenvalue weighted by Gasteiger charge is -2.01. The van der Waals surface area contributed by atoms with E-state index in [4.69, 9.17) is 23.2 Å². The van der Waals surface area contributed by atoms with Crippen LogP contribution in [0.2, 0.25) is 10.0 Å². The number of anilines is 1. The molecule has 0 spiro atoms. The van der Waals surface area contributed by atoms with E-state index in [2.05, 4.69) is 20.5 Å². The molecule has 2 rings (SSSR count). The number of halogens is 2. The lowest BCUT2D eigenvalue weighted by molar-refractivity contribution is 1.23. The first-order valence-corrected chi connectivity index (χ1v) is 5.51. The number of aromatic nitrogens is 2. The van der Waals surface area contributed by atoms with Crippen LogP contribution in [0.4, 0.5) is 5.82 Å². The Balaban J connectivity index is 2.05. The molecule has 0 aliphatic carbocycles. The van der Waals surface area contributed by atoms with Gasteiger partial charge in [-0.1, -0.05) is 23.2 Å². The number of pyridine rings is 2. The molecule has 0 amide bonds. The Hall–Kier alpha value is -1.65. The molecule has 0 aliphatic rings. The number of nitrogens with one attached hydrogen (secondary N) is 1. The molecule has 1 N–H and O–H groups in total. The summed E-state index contributed by atoms with van der Waals surface area (Å²) >= 11 is 11.6. The molecule has 2 aromatic heterocycles. The lowest BCUT2D eigenvalue weighted by Crippen LogP contribution is -1.94. The van der Waals surface area contributed by atoms with Gasteiger partial charge < -0.3 is 0 Å². The molecule has 86 valence electrons. The zero-order valence-corrected chi connectivity index (χ0v) is 10.2. The Bertz CT molecular complexity index is 528. The van der Waals surface area contributed by atoms with Crippen molar-refractivity contribution in [2.75, 3.05) is 5.43 Å². The third kappa shape index (κ3) is 3.41. The second kappa shape index (κ2) is 5.61. The summed E-state index contributed by atoms with van der Waals surface area (Å²) in [5.74, 6) is 0.460. The van der Waals surface area contributed by atoms with E-state index in [9.17, 15) is 0 Å². The van der Waals surface area contributed by atoms with Gasteiger partial charge in [0.05, 0.1) is 16.3 Å². The highest BCUT2D eigenvalue weighted by atomic mass is 35.5. The second-order valence-corrected chi connectivity index (χ2v) is 3.98. The van der Waals surface area contributed by atoms with Crippen molar-refractivity contribution >= 4 is 35.2 Å². The fourth-order valence-corrected chi connectivity index (χ4v) is 1.54. The quantitative estimate of drug-likeness (QED) is 0.686. The zero-order valence-electron chi connectivity index (χ0n) is 8.64. The third-order valence-electron chi connectivity index (χ3n) is 1.90. The standard InChI is InChI=1S/C11H8Cl2N4/c12-9-5-10(13)11(15-7-9)17-16-6-8-1-3-14-4-2-8/h1-7H,(H,15,17)/b16-6-. The molecule has 0 aromatic carbocycles. The summed E-state index contributed by atoms with van der Waals surface area (Å²) in [5.41, 5.74) is 3.66. The maximum atomic E-state index is 5.92. The molecule has 4 nitrogen and oxygen atoms in total. The molecular weight excluding hydrogens is 259 g/mol. The summed E-state index contributed by atoms with van der Waals surface area (Å²) in [6, 6.07) is 5.27. The van der Waals surface area contributed by atoms with Crippen molar-refractivity contribution in [3.63, 3.8) is 0 Å². The highest BCUT2D eigenvalue weighted by molar-refractivity contribution is 6.35. The molecule has 0 bridgehead atoms. The van der Waals surface area contributed by atoms with E-state index in [1.165, 1.54) is 6.20 Å². The van der Waals surface area contributed by atoms with E-state index >= 15 is 0 Å². The van der Waals surface area contributed by atoms with Crippen molar-refractivity contribution in [1.29, 1.82) is 0 Å². The van der Waals surface area contributed by atoms with Crippen molar-refractivity contribution in [3.05, 3.63) is 52.4 Å². The van der Waals surface area contributed by atoms with Crippen molar-refractivity contribution in [3.8, 4) is 0 Å². The largest absolute Gasteiger partial charge is 0.265 e. The highest BCUT2D eigenvalue weighted by Gasteiger charge is 2.00. The molecule has 0 aliphatic heterocycles. The molecular formula is C11H8Cl2N4. The van der Waals surface area contributed by atoms with E-state index in [1.54, 1.807) is 24.7 Å². The van der Waals surface area contributed by atoms with Gasteiger partial charge in [0.25, 0.3) is 0 Å². The summed E-state index contributed by atoms with van der Waals surface area (Å²) in [4.78, 5) is 7.91. The average Bonchev–Trinajstić information content (AvgIpc) is 2.33. The molecule has 0 saturated heterocycles. The first kappa shape index (κ1) is 11.8. The molecule has 17 heavy (non-hydrogen) atoms. The Kier molecular flexibility index (Phi) is 3.90. The van der Waals surface area contributed by atoms with Crippen LogP contribution in [0.1, 0.15) is 5.56 Å². The predicted octanol–water partition coefficient (Wildman–Crippen LogP) is 3.23. The monoisotopic (exact) mass is 266 g/mol. The lowest BCUT2D eigenvalue weighted by atomic mass is 10.3. The van der Waals surface area contributed by atoms with Gasteiger partial charge in [0.15, 0.2) is 5.82 Å². The van der Waals surface area contributed by atoms with Crippen LogP contribution < -0.4 is 5.43 Å². The molecule has 0 unspecified atom stereocenters. The molecule has 2 heterocycles. The first-order valence-electron chi connectivity index (χ1n) is 4.76. The van der Waals surface area contributed by atoms with E-state index in [1.807, 2.05) is 12.1 Å². The van der Waals surface area contributed by atoms with Gasteiger partial charge >= 0.3 is 0 Å². The third-order valence-corrected chi connectivity index (χ3v) is 2.39. The fourth-order valence-electron chi connectivity index (χ4n) is 1.11. The van der Waals surface area contributed by atoms with Gasteiger partial charge in [-0.2, -0.15) is 5.10 Å². The van der Waals surface area contributed by atoms with Crippen LogP contribution in [0.25, 0.3) is 0 Å². The maximum absolute atomic E-state index is 5.92. The number of hydrogen-bond acceptors (Lipinski definition) is 4. The highest BCUT2D eigenvalue weighted by Crippen LogP contribution is 2.22. The average molecular weight is 267 g/mol. The van der Waals surface area contributed by atoms with Gasteiger partial charge in [0.2, 0.25) is 0 Å². The predicted molar refractivity (Wildman–Crippen MR) is 69.7 cm³/mol. The number of nitrogens with zero attached hydrogens (tertiary/aromatic N) is 3. The maximum Gasteiger partial charge on any atom is 0.165 e. The second-order valence-electron chi connectivity index (χ2n) is 3.13. The summed E-state index contributed by atoms with van der Waals surface area (Å²) in [6.45, 7) is 0. The summed E-state index contributed by atoms with van der Waals surface area (Å²) in [6.07, 6.45) is 6.52. The van der Waals surface area contributed by atoms with Gasteiger partial charge in [-0.25, -0.2) is 4.98 Å². The van der Waals surface area contributed by atoms with E-state index in [-0.39, 0.29) is 0 Å². The Morgan fingerprint density at radius 1 is 1.24 bits per heavy atom. The van der Waals surface area contributed by atoms with Gasteiger partial charge in [0, 0.05) is 18.6 Å². The summed E-state index contributed by atoms with van der Waals surface area (Å²) in [5, 5.41) is 4.92. The minimum absolute atomic E-state index is 0.421. The molecule has 0 atom stereocenters. The minimum atomic E-state index is 0.421.